The van der Waals surface area contributed by atoms with Gasteiger partial charge >= 0.3 is 0 Å². The van der Waals surface area contributed by atoms with Crippen LogP contribution < -0.4 is 4.90 Å². The molecule has 0 aliphatic rings. The maximum atomic E-state index is 6.58. The Balaban J connectivity index is 0.970. The van der Waals surface area contributed by atoms with Crippen molar-refractivity contribution in [1.29, 1.82) is 0 Å². The molecule has 0 saturated heterocycles. The normalized spacial score (nSPS) is 11.8. The van der Waals surface area contributed by atoms with Crippen molar-refractivity contribution in [3.8, 4) is 33.4 Å². The zero-order chi connectivity index (χ0) is 38.2. The number of furan rings is 1. The lowest BCUT2D eigenvalue weighted by Gasteiger charge is -2.26. The summed E-state index contributed by atoms with van der Waals surface area (Å²) in [6.07, 6.45) is 0. The molecule has 12 rings (SSSR count). The van der Waals surface area contributed by atoms with E-state index in [1.54, 1.807) is 0 Å². The number of rotatable bonds is 6. The van der Waals surface area contributed by atoms with E-state index in [-0.39, 0.29) is 0 Å². The molecule has 58 heavy (non-hydrogen) atoms. The summed E-state index contributed by atoms with van der Waals surface area (Å²) in [6, 6.07) is 72.5. The Morgan fingerprint density at radius 3 is 1.64 bits per heavy atom. The second kappa shape index (κ2) is 13.3. The maximum Gasteiger partial charge on any atom is 0.144 e. The van der Waals surface area contributed by atoms with Gasteiger partial charge in [-0.1, -0.05) is 133 Å². The fraction of sp³-hybridized carbons (Fsp3) is 0. The molecule has 3 heterocycles. The largest absolute Gasteiger partial charge is 0.455 e. The molecule has 9 aromatic carbocycles. The van der Waals surface area contributed by atoms with E-state index in [9.17, 15) is 0 Å². The average Bonchev–Trinajstić information content (AvgIpc) is 3.99. The van der Waals surface area contributed by atoms with E-state index in [4.69, 9.17) is 4.42 Å². The second-order valence-electron chi connectivity index (χ2n) is 14.8. The van der Waals surface area contributed by atoms with E-state index in [0.29, 0.717) is 0 Å². The molecule has 0 fully saturated rings. The Kier molecular flexibility index (Phi) is 7.62. The van der Waals surface area contributed by atoms with Crippen LogP contribution in [0, 0.1) is 0 Å². The minimum atomic E-state index is 0.924. The van der Waals surface area contributed by atoms with Gasteiger partial charge in [0, 0.05) is 68.2 Å². The highest BCUT2D eigenvalue weighted by atomic mass is 32.1. The number of thiophene rings is 2. The molecule has 0 N–H and O–H groups in total. The third-order valence-electron chi connectivity index (χ3n) is 11.5. The van der Waals surface area contributed by atoms with Gasteiger partial charge in [-0.3, -0.25) is 0 Å². The van der Waals surface area contributed by atoms with Gasteiger partial charge in [0.05, 0.1) is 0 Å². The zero-order valence-electron chi connectivity index (χ0n) is 31.2. The Morgan fingerprint density at radius 1 is 0.328 bits per heavy atom. The van der Waals surface area contributed by atoms with Crippen molar-refractivity contribution in [2.75, 3.05) is 4.90 Å². The number of hydrogen-bond acceptors (Lipinski definition) is 4. The number of hydrogen-bond donors (Lipinski definition) is 0. The van der Waals surface area contributed by atoms with Crippen molar-refractivity contribution in [3.05, 3.63) is 200 Å². The Hall–Kier alpha value is -6.98. The zero-order valence-corrected chi connectivity index (χ0v) is 32.9. The van der Waals surface area contributed by atoms with E-state index < -0.39 is 0 Å². The van der Waals surface area contributed by atoms with Crippen LogP contribution >= 0.6 is 22.7 Å². The fourth-order valence-electron chi connectivity index (χ4n) is 8.76. The SMILES string of the molecule is c1ccc(-c2ccc(N(c3ccc(-c4cccc5c4sc4ccccc45)cc3)c3ccc(-c4cccc5sc6ccc7c8ccccc8oc7c6c45)cc3)cc2)cc1. The number of benzene rings is 9. The Bertz CT molecular complexity index is 3480. The molecule has 0 spiro atoms. The summed E-state index contributed by atoms with van der Waals surface area (Å²) in [6.45, 7) is 0. The first-order valence-electron chi connectivity index (χ1n) is 19.6. The first-order chi connectivity index (χ1) is 28.7. The van der Waals surface area contributed by atoms with Gasteiger partial charge < -0.3 is 9.32 Å². The summed E-state index contributed by atoms with van der Waals surface area (Å²) < 4.78 is 11.7. The van der Waals surface area contributed by atoms with Crippen LogP contribution in [-0.2, 0) is 0 Å². The molecule has 2 nitrogen and oxygen atoms in total. The van der Waals surface area contributed by atoms with E-state index in [2.05, 4.69) is 199 Å². The van der Waals surface area contributed by atoms with Crippen LogP contribution in [0.4, 0.5) is 17.1 Å². The highest BCUT2D eigenvalue weighted by Crippen LogP contribution is 2.46. The highest BCUT2D eigenvalue weighted by Gasteiger charge is 2.19. The molecule has 0 unspecified atom stereocenters. The van der Waals surface area contributed by atoms with Crippen LogP contribution in [0.5, 0.6) is 0 Å². The fourth-order valence-corrected chi connectivity index (χ4v) is 11.1. The molecule has 0 aliphatic heterocycles. The van der Waals surface area contributed by atoms with Crippen LogP contribution in [0.1, 0.15) is 0 Å². The quantitative estimate of drug-likeness (QED) is 0.167. The molecule has 272 valence electrons. The van der Waals surface area contributed by atoms with Gasteiger partial charge in [0.2, 0.25) is 0 Å². The van der Waals surface area contributed by atoms with E-state index in [1.165, 1.54) is 73.7 Å². The van der Waals surface area contributed by atoms with Crippen molar-refractivity contribution >= 4 is 102 Å². The monoisotopic (exact) mass is 775 g/mol. The first kappa shape index (κ1) is 33.2. The minimum Gasteiger partial charge on any atom is -0.455 e. The smallest absolute Gasteiger partial charge is 0.144 e. The highest BCUT2D eigenvalue weighted by molar-refractivity contribution is 7.26. The lowest BCUT2D eigenvalue weighted by atomic mass is 9.98. The first-order valence-corrected chi connectivity index (χ1v) is 21.2. The van der Waals surface area contributed by atoms with E-state index in [1.807, 2.05) is 28.7 Å². The number of fused-ring (bicyclic) bond motifs is 10. The Labute approximate surface area is 343 Å². The minimum absolute atomic E-state index is 0.924. The Morgan fingerprint density at radius 2 is 0.879 bits per heavy atom. The van der Waals surface area contributed by atoms with Crippen molar-refractivity contribution in [2.24, 2.45) is 0 Å². The van der Waals surface area contributed by atoms with Crippen molar-refractivity contribution < 1.29 is 4.42 Å². The summed E-state index contributed by atoms with van der Waals surface area (Å²) in [4.78, 5) is 2.36. The third kappa shape index (κ3) is 5.30. The van der Waals surface area contributed by atoms with Crippen LogP contribution in [0.25, 0.3) is 95.7 Å². The molecular weight excluding hydrogens is 743 g/mol. The number of nitrogens with zero attached hydrogens (tertiary/aromatic N) is 1. The van der Waals surface area contributed by atoms with E-state index >= 15 is 0 Å². The molecule has 12 aromatic rings. The van der Waals surface area contributed by atoms with Crippen LogP contribution in [-0.4, -0.2) is 0 Å². The molecule has 0 amide bonds. The summed E-state index contributed by atoms with van der Waals surface area (Å²) in [7, 11) is 0. The van der Waals surface area contributed by atoms with Gasteiger partial charge in [0.15, 0.2) is 0 Å². The van der Waals surface area contributed by atoms with Crippen LogP contribution in [0.3, 0.4) is 0 Å². The van der Waals surface area contributed by atoms with E-state index in [0.717, 1.165) is 39.0 Å². The molecule has 0 bridgehead atoms. The predicted molar refractivity (Wildman–Crippen MR) is 250 cm³/mol. The van der Waals surface area contributed by atoms with Gasteiger partial charge in [-0.2, -0.15) is 0 Å². The van der Waals surface area contributed by atoms with Gasteiger partial charge in [-0.15, -0.1) is 22.7 Å². The van der Waals surface area contributed by atoms with Gasteiger partial charge in [0.1, 0.15) is 11.2 Å². The van der Waals surface area contributed by atoms with Gasteiger partial charge in [0.25, 0.3) is 0 Å². The van der Waals surface area contributed by atoms with Gasteiger partial charge in [-0.05, 0) is 100 Å². The molecule has 0 radical (unpaired) electrons. The molecule has 0 aliphatic carbocycles. The predicted octanol–water partition coefficient (Wildman–Crippen LogP) is 16.8. The topological polar surface area (TPSA) is 16.4 Å². The lowest BCUT2D eigenvalue weighted by molar-refractivity contribution is 0.673. The van der Waals surface area contributed by atoms with Crippen molar-refractivity contribution in [1.82, 2.24) is 0 Å². The maximum absolute atomic E-state index is 6.58. The van der Waals surface area contributed by atoms with Crippen molar-refractivity contribution in [2.45, 2.75) is 0 Å². The standard InChI is InChI=1S/C54H33NOS2/c1-2-10-34(11-3-1)35-20-26-38(27-21-35)55(40-30-24-37(25-31-40)42-15-8-16-46-44-13-5-7-18-48(44)58-54(42)46)39-28-22-36(23-29-39)41-14-9-19-49-51(41)52-50(57-49)33-32-45-43-12-4-6-17-47(43)56-53(45)52/h1-33H. The van der Waals surface area contributed by atoms with Gasteiger partial charge in [-0.25, -0.2) is 0 Å². The second-order valence-corrected chi connectivity index (χ2v) is 17.0. The van der Waals surface area contributed by atoms with Crippen LogP contribution in [0.15, 0.2) is 205 Å². The molecular formula is C54H33NOS2. The van der Waals surface area contributed by atoms with Crippen molar-refractivity contribution in [3.63, 3.8) is 0 Å². The lowest BCUT2D eigenvalue weighted by Crippen LogP contribution is -2.09. The summed E-state index contributed by atoms with van der Waals surface area (Å²) in [5.74, 6) is 0. The summed E-state index contributed by atoms with van der Waals surface area (Å²) in [5.41, 5.74) is 12.5. The average molecular weight is 776 g/mol. The number of para-hydroxylation sites is 1. The molecule has 0 saturated carbocycles. The van der Waals surface area contributed by atoms with Crippen LogP contribution in [0.2, 0.25) is 0 Å². The molecule has 4 heteroatoms. The summed E-state index contributed by atoms with van der Waals surface area (Å²) in [5, 5.41) is 7.39. The third-order valence-corrected chi connectivity index (χ3v) is 13.9. The number of anilines is 3. The molecule has 3 aromatic heterocycles. The summed E-state index contributed by atoms with van der Waals surface area (Å²) >= 11 is 3.70. The molecule has 0 atom stereocenters.